The van der Waals surface area contributed by atoms with Gasteiger partial charge >= 0.3 is 0 Å². The fraction of sp³-hybridized carbons (Fsp3) is 0.250. The van der Waals surface area contributed by atoms with Crippen molar-refractivity contribution in [2.24, 2.45) is 0 Å². The molecule has 0 saturated carbocycles. The second-order valence-electron chi connectivity index (χ2n) is 8.08. The summed E-state index contributed by atoms with van der Waals surface area (Å²) < 4.78 is 18.8. The van der Waals surface area contributed by atoms with E-state index >= 15 is 0 Å². The number of aromatic nitrogens is 3. The lowest BCUT2D eigenvalue weighted by Gasteiger charge is -2.35. The highest BCUT2D eigenvalue weighted by molar-refractivity contribution is 7.18. The Bertz CT molecular complexity index is 1340. The van der Waals surface area contributed by atoms with Crippen LogP contribution in [0, 0.1) is 5.82 Å². The number of ether oxygens (including phenoxy) is 1. The van der Waals surface area contributed by atoms with E-state index in [0.29, 0.717) is 59.5 Å². The number of carbonyl (C=O) groups is 1. The van der Waals surface area contributed by atoms with Crippen molar-refractivity contribution in [2.75, 3.05) is 43.4 Å². The molecule has 2 aromatic carbocycles. The van der Waals surface area contributed by atoms with E-state index in [9.17, 15) is 9.18 Å². The van der Waals surface area contributed by atoms with Crippen molar-refractivity contribution in [3.63, 3.8) is 0 Å². The molecule has 5 rings (SSSR count). The topological polar surface area (TPSA) is 97.5 Å². The minimum Gasteiger partial charge on any atom is -0.484 e. The largest absolute Gasteiger partial charge is 0.484 e. The summed E-state index contributed by atoms with van der Waals surface area (Å²) in [5.41, 5.74) is 7.63. The number of fused-ring (bicyclic) bond motifs is 1. The van der Waals surface area contributed by atoms with Gasteiger partial charge in [-0.05, 0) is 42.0 Å². The van der Waals surface area contributed by atoms with Crippen LogP contribution in [-0.2, 0) is 11.2 Å². The number of nitrogens with zero attached hydrogens (tertiary/aromatic N) is 5. The Balaban J connectivity index is 1.25. The van der Waals surface area contributed by atoms with Gasteiger partial charge in [0, 0.05) is 37.6 Å². The van der Waals surface area contributed by atoms with Crippen LogP contribution in [-0.4, -0.2) is 58.5 Å². The van der Waals surface area contributed by atoms with Crippen molar-refractivity contribution in [3.05, 3.63) is 69.9 Å². The van der Waals surface area contributed by atoms with Crippen LogP contribution in [0.25, 0.3) is 10.3 Å². The van der Waals surface area contributed by atoms with Gasteiger partial charge in [0.2, 0.25) is 5.95 Å². The molecule has 1 saturated heterocycles. The predicted molar refractivity (Wildman–Crippen MR) is 135 cm³/mol. The Morgan fingerprint density at radius 2 is 1.74 bits per heavy atom. The molecule has 0 unspecified atom stereocenters. The average molecular weight is 513 g/mol. The van der Waals surface area contributed by atoms with Crippen LogP contribution in [0.1, 0.15) is 10.6 Å². The van der Waals surface area contributed by atoms with E-state index in [2.05, 4.69) is 14.9 Å². The van der Waals surface area contributed by atoms with Crippen LogP contribution < -0.4 is 15.4 Å². The average Bonchev–Trinajstić information content (AvgIpc) is 3.26. The maximum absolute atomic E-state index is 13.2. The molecule has 0 bridgehead atoms. The van der Waals surface area contributed by atoms with E-state index in [1.165, 1.54) is 23.5 Å². The Morgan fingerprint density at radius 3 is 2.46 bits per heavy atom. The van der Waals surface area contributed by atoms with Gasteiger partial charge in [0.15, 0.2) is 17.3 Å². The lowest BCUT2D eigenvalue weighted by molar-refractivity contribution is -0.133. The Labute approximate surface area is 210 Å². The number of halogens is 2. The van der Waals surface area contributed by atoms with Crippen LogP contribution in [0.3, 0.4) is 0 Å². The third kappa shape index (κ3) is 5.44. The molecule has 8 nitrogen and oxygen atoms in total. The fourth-order valence-electron chi connectivity index (χ4n) is 3.87. The molecule has 3 heterocycles. The molecule has 0 aliphatic carbocycles. The number of anilines is 2. The van der Waals surface area contributed by atoms with E-state index in [4.69, 9.17) is 27.1 Å². The number of nitrogen functional groups attached to an aromatic ring is 1. The summed E-state index contributed by atoms with van der Waals surface area (Å²) in [6.07, 6.45) is 0.566. The molecule has 4 aromatic rings. The Kier molecular flexibility index (Phi) is 6.65. The van der Waals surface area contributed by atoms with E-state index in [1.54, 1.807) is 41.3 Å². The normalized spacial score (nSPS) is 13.9. The van der Waals surface area contributed by atoms with E-state index in [-0.39, 0.29) is 24.3 Å². The van der Waals surface area contributed by atoms with Gasteiger partial charge in [0.1, 0.15) is 17.1 Å². The first-order valence-electron chi connectivity index (χ1n) is 11.0. The Morgan fingerprint density at radius 1 is 1.03 bits per heavy atom. The first-order chi connectivity index (χ1) is 16.9. The highest BCUT2D eigenvalue weighted by atomic mass is 35.5. The second kappa shape index (κ2) is 10.0. The number of piperazine rings is 1. The van der Waals surface area contributed by atoms with Crippen molar-refractivity contribution < 1.29 is 13.9 Å². The molecule has 1 amide bonds. The molecule has 2 N–H and O–H groups in total. The second-order valence-corrected chi connectivity index (χ2v) is 9.58. The quantitative estimate of drug-likeness (QED) is 0.420. The van der Waals surface area contributed by atoms with Crippen LogP contribution >= 0.6 is 22.9 Å². The van der Waals surface area contributed by atoms with Crippen molar-refractivity contribution >= 4 is 51.0 Å². The molecule has 1 aliphatic rings. The van der Waals surface area contributed by atoms with Gasteiger partial charge in [-0.1, -0.05) is 35.1 Å². The smallest absolute Gasteiger partial charge is 0.260 e. The molecule has 35 heavy (non-hydrogen) atoms. The summed E-state index contributed by atoms with van der Waals surface area (Å²) in [5, 5.41) is 1.46. The number of rotatable bonds is 6. The highest BCUT2D eigenvalue weighted by Gasteiger charge is 2.25. The van der Waals surface area contributed by atoms with Gasteiger partial charge in [-0.15, -0.1) is 0 Å². The monoisotopic (exact) mass is 512 g/mol. The summed E-state index contributed by atoms with van der Waals surface area (Å²) >= 11 is 7.33. The summed E-state index contributed by atoms with van der Waals surface area (Å²) in [4.78, 5) is 30.8. The van der Waals surface area contributed by atoms with Crippen LogP contribution in [0.2, 0.25) is 5.02 Å². The standard InChI is InChI=1S/C24H22ClFN6O2S/c25-16-3-7-18(8-4-16)34-14-20(33)31-9-11-32(12-10-31)22-21-23(30-24(27)29-22)35-19(28-21)13-15-1-5-17(26)6-2-15/h1-8H,9-14H2,(H2,27,29,30). The van der Waals surface area contributed by atoms with Gasteiger partial charge in [-0.3, -0.25) is 4.79 Å². The zero-order chi connectivity index (χ0) is 24.4. The van der Waals surface area contributed by atoms with Crippen molar-refractivity contribution in [1.82, 2.24) is 19.9 Å². The van der Waals surface area contributed by atoms with E-state index in [1.807, 2.05) is 0 Å². The molecule has 1 aliphatic heterocycles. The maximum atomic E-state index is 13.2. The van der Waals surface area contributed by atoms with Crippen LogP contribution in [0.4, 0.5) is 16.2 Å². The number of amides is 1. The third-order valence-corrected chi connectivity index (χ3v) is 6.88. The number of benzene rings is 2. The molecule has 180 valence electrons. The molecule has 0 radical (unpaired) electrons. The molecule has 0 spiro atoms. The SMILES string of the molecule is Nc1nc(N2CCN(C(=O)COc3ccc(Cl)cc3)CC2)c2nc(Cc3ccc(F)cc3)sc2n1. The van der Waals surface area contributed by atoms with E-state index in [0.717, 1.165) is 10.6 Å². The summed E-state index contributed by atoms with van der Waals surface area (Å²) in [6, 6.07) is 13.3. The van der Waals surface area contributed by atoms with Gasteiger partial charge < -0.3 is 20.3 Å². The van der Waals surface area contributed by atoms with Crippen molar-refractivity contribution in [3.8, 4) is 5.75 Å². The molecular formula is C24H22ClFN6O2S. The summed E-state index contributed by atoms with van der Waals surface area (Å²) in [6.45, 7) is 2.19. The van der Waals surface area contributed by atoms with Crippen LogP contribution in [0.5, 0.6) is 5.75 Å². The third-order valence-electron chi connectivity index (χ3n) is 5.68. The minimum absolute atomic E-state index is 0.0365. The zero-order valence-electron chi connectivity index (χ0n) is 18.7. The molecule has 2 aromatic heterocycles. The molecule has 1 fully saturated rings. The number of thiazole rings is 1. The van der Waals surface area contributed by atoms with Crippen LogP contribution in [0.15, 0.2) is 48.5 Å². The van der Waals surface area contributed by atoms with Crippen molar-refractivity contribution in [2.45, 2.75) is 6.42 Å². The van der Waals surface area contributed by atoms with Gasteiger partial charge in [0.05, 0.1) is 5.01 Å². The lowest BCUT2D eigenvalue weighted by atomic mass is 10.1. The number of hydrogen-bond donors (Lipinski definition) is 1. The molecule has 11 heteroatoms. The first kappa shape index (κ1) is 23.3. The Hall–Kier alpha value is -3.50. The van der Waals surface area contributed by atoms with Gasteiger partial charge in [-0.25, -0.2) is 14.4 Å². The maximum Gasteiger partial charge on any atom is 0.260 e. The first-order valence-corrected chi connectivity index (χ1v) is 12.2. The predicted octanol–water partition coefficient (Wildman–Crippen LogP) is 3.78. The fourth-order valence-corrected chi connectivity index (χ4v) is 4.97. The summed E-state index contributed by atoms with van der Waals surface area (Å²) in [7, 11) is 0. The minimum atomic E-state index is -0.270. The highest BCUT2D eigenvalue weighted by Crippen LogP contribution is 2.30. The number of carbonyl (C=O) groups excluding carboxylic acids is 1. The lowest BCUT2D eigenvalue weighted by Crippen LogP contribution is -2.50. The summed E-state index contributed by atoms with van der Waals surface area (Å²) in [5.74, 6) is 1.09. The molecular weight excluding hydrogens is 491 g/mol. The van der Waals surface area contributed by atoms with Crippen molar-refractivity contribution in [1.29, 1.82) is 0 Å². The zero-order valence-corrected chi connectivity index (χ0v) is 20.2. The molecule has 0 atom stereocenters. The number of hydrogen-bond acceptors (Lipinski definition) is 8. The van der Waals surface area contributed by atoms with Gasteiger partial charge in [-0.2, -0.15) is 4.98 Å². The number of nitrogens with two attached hydrogens (primary N) is 1. The van der Waals surface area contributed by atoms with E-state index < -0.39 is 0 Å². The van der Waals surface area contributed by atoms with Gasteiger partial charge in [0.25, 0.3) is 5.91 Å².